The number of aliphatic hydroxyl groups is 1. The molecule has 1 aliphatic carbocycles. The molecule has 1 aromatic rings. The van der Waals surface area contributed by atoms with Crippen molar-refractivity contribution in [2.24, 2.45) is 5.92 Å². The number of hydrogen-bond acceptors (Lipinski definition) is 3. The van der Waals surface area contributed by atoms with Crippen molar-refractivity contribution in [1.29, 1.82) is 0 Å². The quantitative estimate of drug-likeness (QED) is 0.838. The number of pyridine rings is 1. The molecule has 0 aliphatic heterocycles. The van der Waals surface area contributed by atoms with Gasteiger partial charge in [0.25, 0.3) is 0 Å². The molecule has 1 aromatic heterocycles. The van der Waals surface area contributed by atoms with Gasteiger partial charge < -0.3 is 10.4 Å². The van der Waals surface area contributed by atoms with Gasteiger partial charge in [-0.3, -0.25) is 4.98 Å². The molecule has 0 bridgehead atoms. The molecule has 0 spiro atoms. The van der Waals surface area contributed by atoms with Gasteiger partial charge in [-0.2, -0.15) is 0 Å². The van der Waals surface area contributed by atoms with Crippen molar-refractivity contribution in [3.63, 3.8) is 0 Å². The molecule has 2 rings (SSSR count). The molecular formula is C14H22N2O. The standard InChI is InChI=1S/C14H22N2O/c1-12-3-2-6-14(9-12,11-17)16-10-13-4-7-15-8-5-13/h4-5,7-8,12,16-17H,2-3,6,9-11H2,1H3. The molecule has 1 aliphatic rings. The Kier molecular flexibility index (Phi) is 4.13. The molecule has 2 atom stereocenters. The summed E-state index contributed by atoms with van der Waals surface area (Å²) in [4.78, 5) is 4.01. The zero-order chi connectivity index (χ0) is 12.1. The first-order chi connectivity index (χ1) is 8.24. The van der Waals surface area contributed by atoms with Gasteiger partial charge in [-0.25, -0.2) is 0 Å². The second-order valence-corrected chi connectivity index (χ2v) is 5.35. The minimum atomic E-state index is -0.0685. The van der Waals surface area contributed by atoms with Crippen molar-refractivity contribution in [3.8, 4) is 0 Å². The SMILES string of the molecule is CC1CCCC(CO)(NCc2ccncc2)C1. The maximum atomic E-state index is 9.66. The summed E-state index contributed by atoms with van der Waals surface area (Å²) < 4.78 is 0. The lowest BCUT2D eigenvalue weighted by Crippen LogP contribution is -2.51. The summed E-state index contributed by atoms with van der Waals surface area (Å²) in [6, 6.07) is 4.04. The molecule has 17 heavy (non-hydrogen) atoms. The Balaban J connectivity index is 1.95. The molecule has 1 fully saturated rings. The predicted molar refractivity (Wildman–Crippen MR) is 68.5 cm³/mol. The van der Waals surface area contributed by atoms with Crippen LogP contribution in [0.2, 0.25) is 0 Å². The van der Waals surface area contributed by atoms with E-state index >= 15 is 0 Å². The fourth-order valence-corrected chi connectivity index (χ4v) is 2.81. The highest BCUT2D eigenvalue weighted by Gasteiger charge is 2.33. The maximum absolute atomic E-state index is 9.66. The van der Waals surface area contributed by atoms with E-state index in [1.807, 2.05) is 24.5 Å². The second-order valence-electron chi connectivity index (χ2n) is 5.35. The van der Waals surface area contributed by atoms with E-state index in [9.17, 15) is 5.11 Å². The lowest BCUT2D eigenvalue weighted by atomic mass is 9.77. The average Bonchev–Trinajstić information content (AvgIpc) is 2.38. The lowest BCUT2D eigenvalue weighted by molar-refractivity contribution is 0.0982. The van der Waals surface area contributed by atoms with Gasteiger partial charge >= 0.3 is 0 Å². The van der Waals surface area contributed by atoms with Crippen LogP contribution >= 0.6 is 0 Å². The summed E-state index contributed by atoms with van der Waals surface area (Å²) in [5.74, 6) is 0.709. The normalized spacial score (nSPS) is 29.2. The fourth-order valence-electron chi connectivity index (χ4n) is 2.81. The fraction of sp³-hybridized carbons (Fsp3) is 0.643. The zero-order valence-corrected chi connectivity index (χ0v) is 10.5. The number of aromatic nitrogens is 1. The first-order valence-corrected chi connectivity index (χ1v) is 6.49. The van der Waals surface area contributed by atoms with E-state index < -0.39 is 0 Å². The van der Waals surface area contributed by atoms with Crippen LogP contribution in [0.25, 0.3) is 0 Å². The summed E-state index contributed by atoms with van der Waals surface area (Å²) in [6.07, 6.45) is 8.29. The minimum Gasteiger partial charge on any atom is -0.394 e. The molecule has 1 saturated carbocycles. The third-order valence-corrected chi connectivity index (χ3v) is 3.81. The van der Waals surface area contributed by atoms with Gasteiger partial charge in [0.1, 0.15) is 0 Å². The van der Waals surface area contributed by atoms with Gasteiger partial charge in [0.2, 0.25) is 0 Å². The number of hydrogen-bond donors (Lipinski definition) is 2. The van der Waals surface area contributed by atoms with E-state index in [1.165, 1.54) is 18.4 Å². The Morgan fingerprint density at radius 1 is 1.47 bits per heavy atom. The Hall–Kier alpha value is -0.930. The number of nitrogens with one attached hydrogen (secondary N) is 1. The second kappa shape index (κ2) is 5.61. The van der Waals surface area contributed by atoms with Gasteiger partial charge in [0.05, 0.1) is 6.61 Å². The van der Waals surface area contributed by atoms with E-state index in [1.54, 1.807) is 0 Å². The summed E-state index contributed by atoms with van der Waals surface area (Å²) >= 11 is 0. The largest absolute Gasteiger partial charge is 0.394 e. The van der Waals surface area contributed by atoms with Gasteiger partial charge in [-0.15, -0.1) is 0 Å². The smallest absolute Gasteiger partial charge is 0.0613 e. The van der Waals surface area contributed by atoms with Crippen LogP contribution in [0, 0.1) is 5.92 Å². The van der Waals surface area contributed by atoms with Crippen LogP contribution < -0.4 is 5.32 Å². The van der Waals surface area contributed by atoms with Crippen LogP contribution in [0.3, 0.4) is 0 Å². The number of rotatable bonds is 4. The highest BCUT2D eigenvalue weighted by molar-refractivity contribution is 5.10. The monoisotopic (exact) mass is 234 g/mol. The Morgan fingerprint density at radius 3 is 2.88 bits per heavy atom. The highest BCUT2D eigenvalue weighted by Crippen LogP contribution is 2.32. The average molecular weight is 234 g/mol. The molecule has 3 nitrogen and oxygen atoms in total. The molecule has 2 unspecified atom stereocenters. The summed E-state index contributed by atoms with van der Waals surface area (Å²) in [7, 11) is 0. The Morgan fingerprint density at radius 2 is 2.24 bits per heavy atom. The van der Waals surface area contributed by atoms with Crippen molar-refractivity contribution < 1.29 is 5.11 Å². The van der Waals surface area contributed by atoms with Crippen LogP contribution in [-0.2, 0) is 6.54 Å². The summed E-state index contributed by atoms with van der Waals surface area (Å²) in [6.45, 7) is 3.33. The third-order valence-electron chi connectivity index (χ3n) is 3.81. The Labute approximate surface area is 103 Å². The van der Waals surface area contributed by atoms with Crippen LogP contribution in [0.5, 0.6) is 0 Å². The van der Waals surface area contributed by atoms with E-state index in [-0.39, 0.29) is 12.1 Å². The topological polar surface area (TPSA) is 45.1 Å². The van der Waals surface area contributed by atoms with E-state index in [0.29, 0.717) is 5.92 Å². The Bertz CT molecular complexity index is 341. The highest BCUT2D eigenvalue weighted by atomic mass is 16.3. The van der Waals surface area contributed by atoms with Crippen LogP contribution in [-0.4, -0.2) is 22.2 Å². The summed E-state index contributed by atoms with van der Waals surface area (Å²) in [5, 5.41) is 13.2. The van der Waals surface area contributed by atoms with Crippen molar-refractivity contribution in [1.82, 2.24) is 10.3 Å². The zero-order valence-electron chi connectivity index (χ0n) is 10.5. The number of aliphatic hydroxyl groups excluding tert-OH is 1. The van der Waals surface area contributed by atoms with E-state index in [2.05, 4.69) is 17.2 Å². The molecule has 0 radical (unpaired) electrons. The molecular weight excluding hydrogens is 212 g/mol. The van der Waals surface area contributed by atoms with Crippen molar-refractivity contribution in [3.05, 3.63) is 30.1 Å². The maximum Gasteiger partial charge on any atom is 0.0613 e. The van der Waals surface area contributed by atoms with Crippen LogP contribution in [0.1, 0.15) is 38.2 Å². The van der Waals surface area contributed by atoms with Gasteiger partial charge in [0, 0.05) is 24.5 Å². The third kappa shape index (κ3) is 3.27. The van der Waals surface area contributed by atoms with E-state index in [4.69, 9.17) is 0 Å². The van der Waals surface area contributed by atoms with Crippen LogP contribution in [0.4, 0.5) is 0 Å². The molecule has 2 N–H and O–H groups in total. The molecule has 0 saturated heterocycles. The lowest BCUT2D eigenvalue weighted by Gasteiger charge is -2.39. The minimum absolute atomic E-state index is 0.0685. The molecule has 0 aromatic carbocycles. The molecule has 94 valence electrons. The van der Waals surface area contributed by atoms with Gasteiger partial charge in [0.15, 0.2) is 0 Å². The van der Waals surface area contributed by atoms with E-state index in [0.717, 1.165) is 19.4 Å². The first kappa shape index (κ1) is 12.5. The molecule has 0 amide bonds. The summed E-state index contributed by atoms with van der Waals surface area (Å²) in [5.41, 5.74) is 1.16. The van der Waals surface area contributed by atoms with Crippen molar-refractivity contribution in [2.75, 3.05) is 6.61 Å². The molecule has 3 heteroatoms. The first-order valence-electron chi connectivity index (χ1n) is 6.49. The van der Waals surface area contributed by atoms with Gasteiger partial charge in [-0.05, 0) is 36.5 Å². The van der Waals surface area contributed by atoms with Crippen molar-refractivity contribution >= 4 is 0 Å². The van der Waals surface area contributed by atoms with Crippen molar-refractivity contribution in [2.45, 2.75) is 44.7 Å². The van der Waals surface area contributed by atoms with Crippen LogP contribution in [0.15, 0.2) is 24.5 Å². The van der Waals surface area contributed by atoms with Gasteiger partial charge in [-0.1, -0.05) is 19.8 Å². The predicted octanol–water partition coefficient (Wildman–Crippen LogP) is 2.11. The molecule has 1 heterocycles. The number of nitrogens with zero attached hydrogens (tertiary/aromatic N) is 1.